The minimum absolute atomic E-state index is 0.736. The number of hydrogen-bond donors (Lipinski definition) is 1. The van der Waals surface area contributed by atoms with Gasteiger partial charge in [-0.3, -0.25) is 0 Å². The van der Waals surface area contributed by atoms with E-state index < -0.39 is 0 Å². The predicted molar refractivity (Wildman–Crippen MR) is 71.3 cm³/mol. The van der Waals surface area contributed by atoms with Crippen molar-refractivity contribution in [3.63, 3.8) is 0 Å². The van der Waals surface area contributed by atoms with Crippen LogP contribution in [0.15, 0.2) is 0 Å². The standard InChI is InChI=1S/C14H28N2O/c1-2-14-6-9-16(8-4-7-15-14)11-13-5-3-10-17-12-13/h13-15H,2-12H2,1H3. The van der Waals surface area contributed by atoms with Crippen molar-refractivity contribution in [3.8, 4) is 0 Å². The second kappa shape index (κ2) is 7.34. The van der Waals surface area contributed by atoms with Crippen LogP contribution in [-0.4, -0.2) is 50.3 Å². The molecule has 3 heteroatoms. The Morgan fingerprint density at radius 2 is 2.18 bits per heavy atom. The molecule has 100 valence electrons. The van der Waals surface area contributed by atoms with Gasteiger partial charge in [-0.05, 0) is 57.7 Å². The first-order valence-electron chi connectivity index (χ1n) is 7.42. The number of nitrogens with zero attached hydrogens (tertiary/aromatic N) is 1. The molecule has 0 saturated carbocycles. The van der Waals surface area contributed by atoms with Crippen LogP contribution >= 0.6 is 0 Å². The zero-order valence-corrected chi connectivity index (χ0v) is 11.3. The third-order valence-corrected chi connectivity index (χ3v) is 4.14. The van der Waals surface area contributed by atoms with Crippen LogP contribution in [0.5, 0.6) is 0 Å². The van der Waals surface area contributed by atoms with Crippen molar-refractivity contribution in [2.24, 2.45) is 5.92 Å². The number of nitrogens with one attached hydrogen (secondary N) is 1. The van der Waals surface area contributed by atoms with E-state index in [1.54, 1.807) is 0 Å². The van der Waals surface area contributed by atoms with Gasteiger partial charge in [0.15, 0.2) is 0 Å². The number of ether oxygens (including phenoxy) is 1. The first-order valence-corrected chi connectivity index (χ1v) is 7.42. The van der Waals surface area contributed by atoms with Gasteiger partial charge in [-0.25, -0.2) is 0 Å². The molecular weight excluding hydrogens is 212 g/mol. The van der Waals surface area contributed by atoms with Crippen LogP contribution in [0.1, 0.15) is 39.0 Å². The summed E-state index contributed by atoms with van der Waals surface area (Å²) < 4.78 is 5.58. The van der Waals surface area contributed by atoms with E-state index in [1.165, 1.54) is 58.3 Å². The van der Waals surface area contributed by atoms with Crippen molar-refractivity contribution >= 4 is 0 Å². The first-order chi connectivity index (χ1) is 8.38. The molecule has 0 radical (unpaired) electrons. The molecule has 0 amide bonds. The molecule has 2 unspecified atom stereocenters. The van der Waals surface area contributed by atoms with Crippen LogP contribution in [0.4, 0.5) is 0 Å². The fourth-order valence-electron chi connectivity index (χ4n) is 3.01. The van der Waals surface area contributed by atoms with Gasteiger partial charge in [-0.1, -0.05) is 6.92 Å². The Balaban J connectivity index is 1.74. The normalized spacial score (nSPS) is 33.0. The summed E-state index contributed by atoms with van der Waals surface area (Å²) in [6.45, 7) is 9.25. The summed E-state index contributed by atoms with van der Waals surface area (Å²) in [5.74, 6) is 0.788. The van der Waals surface area contributed by atoms with Gasteiger partial charge >= 0.3 is 0 Å². The largest absolute Gasteiger partial charge is 0.381 e. The summed E-state index contributed by atoms with van der Waals surface area (Å²) in [5, 5.41) is 3.64. The van der Waals surface area contributed by atoms with E-state index in [4.69, 9.17) is 4.74 Å². The minimum atomic E-state index is 0.736. The molecule has 0 aromatic rings. The van der Waals surface area contributed by atoms with Crippen molar-refractivity contribution in [1.29, 1.82) is 0 Å². The van der Waals surface area contributed by atoms with Gasteiger partial charge in [0, 0.05) is 19.2 Å². The highest BCUT2D eigenvalue weighted by Crippen LogP contribution is 2.16. The third kappa shape index (κ3) is 4.57. The first kappa shape index (κ1) is 13.3. The van der Waals surface area contributed by atoms with Crippen LogP contribution in [-0.2, 0) is 4.74 Å². The number of rotatable bonds is 3. The maximum Gasteiger partial charge on any atom is 0.0506 e. The maximum atomic E-state index is 5.58. The second-order valence-corrected chi connectivity index (χ2v) is 5.59. The van der Waals surface area contributed by atoms with Gasteiger partial charge < -0.3 is 15.0 Å². The molecular formula is C14H28N2O. The average molecular weight is 240 g/mol. The van der Waals surface area contributed by atoms with Crippen LogP contribution in [0, 0.1) is 5.92 Å². The van der Waals surface area contributed by atoms with Gasteiger partial charge in [0.1, 0.15) is 0 Å². The van der Waals surface area contributed by atoms with Crippen molar-refractivity contribution in [1.82, 2.24) is 10.2 Å². The van der Waals surface area contributed by atoms with E-state index in [0.717, 1.165) is 25.2 Å². The molecule has 0 aromatic carbocycles. The average Bonchev–Trinajstić information content (AvgIpc) is 2.35. The van der Waals surface area contributed by atoms with E-state index in [1.807, 2.05) is 0 Å². The van der Waals surface area contributed by atoms with Crippen molar-refractivity contribution < 1.29 is 4.74 Å². The summed E-state index contributed by atoms with van der Waals surface area (Å²) in [5.41, 5.74) is 0. The molecule has 2 atom stereocenters. The van der Waals surface area contributed by atoms with E-state index in [9.17, 15) is 0 Å². The molecule has 0 aliphatic carbocycles. The second-order valence-electron chi connectivity index (χ2n) is 5.59. The molecule has 1 N–H and O–H groups in total. The maximum absolute atomic E-state index is 5.58. The molecule has 3 nitrogen and oxygen atoms in total. The van der Waals surface area contributed by atoms with Crippen molar-refractivity contribution in [3.05, 3.63) is 0 Å². The molecule has 2 fully saturated rings. The van der Waals surface area contributed by atoms with Gasteiger partial charge in [-0.15, -0.1) is 0 Å². The predicted octanol–water partition coefficient (Wildman–Crippen LogP) is 1.88. The smallest absolute Gasteiger partial charge is 0.0506 e. The lowest BCUT2D eigenvalue weighted by atomic mass is 10.0. The van der Waals surface area contributed by atoms with Crippen molar-refractivity contribution in [2.75, 3.05) is 39.4 Å². The zero-order chi connectivity index (χ0) is 11.9. The Labute approximate surface area is 106 Å². The highest BCUT2D eigenvalue weighted by Gasteiger charge is 2.19. The highest BCUT2D eigenvalue weighted by molar-refractivity contribution is 4.75. The Morgan fingerprint density at radius 3 is 2.94 bits per heavy atom. The molecule has 0 aromatic heterocycles. The Kier molecular flexibility index (Phi) is 5.75. The van der Waals surface area contributed by atoms with Gasteiger partial charge in [-0.2, -0.15) is 0 Å². The van der Waals surface area contributed by atoms with Crippen LogP contribution in [0.3, 0.4) is 0 Å². The minimum Gasteiger partial charge on any atom is -0.381 e. The Morgan fingerprint density at radius 1 is 1.24 bits per heavy atom. The lowest BCUT2D eigenvalue weighted by Gasteiger charge is -2.32. The summed E-state index contributed by atoms with van der Waals surface area (Å²) in [4.78, 5) is 2.67. The Hall–Kier alpha value is -0.120. The van der Waals surface area contributed by atoms with Gasteiger partial charge in [0.05, 0.1) is 6.61 Å². The van der Waals surface area contributed by atoms with Crippen LogP contribution < -0.4 is 5.32 Å². The molecule has 2 aliphatic heterocycles. The topological polar surface area (TPSA) is 24.5 Å². The highest BCUT2D eigenvalue weighted by atomic mass is 16.5. The molecule has 0 bridgehead atoms. The molecule has 2 heterocycles. The summed E-state index contributed by atoms with van der Waals surface area (Å²) in [7, 11) is 0. The summed E-state index contributed by atoms with van der Waals surface area (Å²) in [6.07, 6.45) is 6.50. The zero-order valence-electron chi connectivity index (χ0n) is 11.3. The quantitative estimate of drug-likeness (QED) is 0.815. The summed E-state index contributed by atoms with van der Waals surface area (Å²) >= 11 is 0. The third-order valence-electron chi connectivity index (χ3n) is 4.14. The van der Waals surface area contributed by atoms with Gasteiger partial charge in [0.2, 0.25) is 0 Å². The van der Waals surface area contributed by atoms with Crippen LogP contribution in [0.2, 0.25) is 0 Å². The van der Waals surface area contributed by atoms with Crippen LogP contribution in [0.25, 0.3) is 0 Å². The summed E-state index contributed by atoms with van der Waals surface area (Å²) in [6, 6.07) is 0.736. The molecule has 2 aliphatic rings. The molecule has 2 saturated heterocycles. The van der Waals surface area contributed by atoms with E-state index in [0.29, 0.717) is 0 Å². The van der Waals surface area contributed by atoms with E-state index in [2.05, 4.69) is 17.1 Å². The van der Waals surface area contributed by atoms with Crippen molar-refractivity contribution in [2.45, 2.75) is 45.1 Å². The number of hydrogen-bond acceptors (Lipinski definition) is 3. The SMILES string of the molecule is CCC1CCN(CC2CCCOC2)CCCN1. The van der Waals surface area contributed by atoms with E-state index >= 15 is 0 Å². The molecule has 17 heavy (non-hydrogen) atoms. The monoisotopic (exact) mass is 240 g/mol. The lowest BCUT2D eigenvalue weighted by molar-refractivity contribution is 0.0369. The van der Waals surface area contributed by atoms with Gasteiger partial charge in [0.25, 0.3) is 0 Å². The fraction of sp³-hybridized carbons (Fsp3) is 1.00. The fourth-order valence-corrected chi connectivity index (χ4v) is 3.01. The molecule has 0 spiro atoms. The lowest BCUT2D eigenvalue weighted by Crippen LogP contribution is -2.42. The Bertz CT molecular complexity index is 204. The molecule has 2 rings (SSSR count). The van der Waals surface area contributed by atoms with E-state index in [-0.39, 0.29) is 0 Å².